The Morgan fingerprint density at radius 2 is 2.35 bits per heavy atom. The van der Waals surface area contributed by atoms with Gasteiger partial charge in [-0.05, 0) is 25.3 Å². The summed E-state index contributed by atoms with van der Waals surface area (Å²) in [5, 5.41) is 0. The minimum absolute atomic E-state index is 0.120. The van der Waals surface area contributed by atoms with Crippen LogP contribution in [-0.2, 0) is 10.0 Å². The number of aromatic nitrogens is 1. The van der Waals surface area contributed by atoms with Gasteiger partial charge in [-0.15, -0.1) is 0 Å². The van der Waals surface area contributed by atoms with E-state index < -0.39 is 10.0 Å². The number of sulfonamides is 1. The van der Waals surface area contributed by atoms with E-state index >= 15 is 0 Å². The molecule has 1 aliphatic heterocycles. The maximum Gasteiger partial charge on any atom is 0.243 e. The van der Waals surface area contributed by atoms with Crippen LogP contribution < -0.4 is 5.73 Å². The van der Waals surface area contributed by atoms with Crippen LogP contribution in [0.2, 0.25) is 0 Å². The highest BCUT2D eigenvalue weighted by atomic mass is 32.2. The van der Waals surface area contributed by atoms with Crippen molar-refractivity contribution in [3.8, 4) is 0 Å². The standard InChI is InChI=1S/C11H17N3O2S/c1-2-9-4-3-7-14(9)17(15,16)10-5-6-13-11(12)8-10/h5-6,8-9H,2-4,7H2,1H3,(H2,12,13). The van der Waals surface area contributed by atoms with Gasteiger partial charge in [-0.3, -0.25) is 0 Å². The number of nitrogens with two attached hydrogens (primary N) is 1. The maximum atomic E-state index is 12.4. The number of anilines is 1. The average molecular weight is 255 g/mol. The maximum absolute atomic E-state index is 12.4. The Labute approximate surface area is 102 Å². The van der Waals surface area contributed by atoms with Gasteiger partial charge in [0.15, 0.2) is 0 Å². The van der Waals surface area contributed by atoms with E-state index in [0.717, 1.165) is 19.3 Å². The van der Waals surface area contributed by atoms with Crippen LogP contribution in [0.3, 0.4) is 0 Å². The monoisotopic (exact) mass is 255 g/mol. The van der Waals surface area contributed by atoms with Crippen LogP contribution in [0.25, 0.3) is 0 Å². The van der Waals surface area contributed by atoms with Crippen molar-refractivity contribution < 1.29 is 8.42 Å². The molecule has 1 saturated heterocycles. The van der Waals surface area contributed by atoms with Gasteiger partial charge in [0.05, 0.1) is 4.90 Å². The highest BCUT2D eigenvalue weighted by Crippen LogP contribution is 2.27. The fourth-order valence-corrected chi connectivity index (χ4v) is 4.05. The van der Waals surface area contributed by atoms with Gasteiger partial charge in [0.25, 0.3) is 0 Å². The van der Waals surface area contributed by atoms with Crippen LogP contribution in [0, 0.1) is 0 Å². The van der Waals surface area contributed by atoms with Crippen LogP contribution in [0.4, 0.5) is 5.82 Å². The van der Waals surface area contributed by atoms with Crippen molar-refractivity contribution in [1.29, 1.82) is 0 Å². The fraction of sp³-hybridized carbons (Fsp3) is 0.545. The van der Waals surface area contributed by atoms with E-state index in [2.05, 4.69) is 4.98 Å². The lowest BCUT2D eigenvalue weighted by molar-refractivity contribution is 0.379. The molecule has 1 fully saturated rings. The van der Waals surface area contributed by atoms with Crippen molar-refractivity contribution >= 4 is 15.8 Å². The average Bonchev–Trinajstić information content (AvgIpc) is 2.77. The molecule has 6 heteroatoms. The first-order chi connectivity index (χ1) is 8.05. The summed E-state index contributed by atoms with van der Waals surface area (Å²) >= 11 is 0. The van der Waals surface area contributed by atoms with E-state index in [1.807, 2.05) is 6.92 Å². The molecule has 0 spiro atoms. The molecule has 1 atom stereocenters. The molecule has 1 aromatic rings. The summed E-state index contributed by atoms with van der Waals surface area (Å²) in [5.74, 6) is 0.235. The Morgan fingerprint density at radius 3 is 3.00 bits per heavy atom. The van der Waals surface area contributed by atoms with E-state index in [4.69, 9.17) is 5.73 Å². The van der Waals surface area contributed by atoms with Crippen molar-refractivity contribution in [2.75, 3.05) is 12.3 Å². The molecule has 2 N–H and O–H groups in total. The van der Waals surface area contributed by atoms with E-state index in [1.54, 1.807) is 4.31 Å². The lowest BCUT2D eigenvalue weighted by Crippen LogP contribution is -2.35. The third-order valence-electron chi connectivity index (χ3n) is 3.15. The first kappa shape index (κ1) is 12.3. The molecule has 1 aliphatic rings. The van der Waals surface area contributed by atoms with Crippen molar-refractivity contribution in [1.82, 2.24) is 9.29 Å². The quantitative estimate of drug-likeness (QED) is 0.881. The van der Waals surface area contributed by atoms with Crippen LogP contribution in [0.15, 0.2) is 23.2 Å². The molecule has 0 saturated carbocycles. The smallest absolute Gasteiger partial charge is 0.243 e. The first-order valence-electron chi connectivity index (χ1n) is 5.79. The third-order valence-corrected chi connectivity index (χ3v) is 5.10. The molecule has 0 amide bonds. The Balaban J connectivity index is 2.36. The number of pyridine rings is 1. The van der Waals surface area contributed by atoms with Crippen LogP contribution >= 0.6 is 0 Å². The number of hydrogen-bond donors (Lipinski definition) is 1. The Bertz CT molecular complexity index is 501. The molecule has 5 nitrogen and oxygen atoms in total. The summed E-state index contributed by atoms with van der Waals surface area (Å²) in [6, 6.07) is 3.03. The molecule has 0 aliphatic carbocycles. The molecule has 1 unspecified atom stereocenters. The molecular formula is C11H17N3O2S. The second-order valence-electron chi connectivity index (χ2n) is 4.24. The van der Waals surface area contributed by atoms with E-state index in [0.29, 0.717) is 6.54 Å². The minimum Gasteiger partial charge on any atom is -0.384 e. The SMILES string of the molecule is CCC1CCCN1S(=O)(=O)c1ccnc(N)c1. The first-order valence-corrected chi connectivity index (χ1v) is 7.23. The zero-order chi connectivity index (χ0) is 12.5. The highest BCUT2D eigenvalue weighted by Gasteiger charge is 2.34. The zero-order valence-electron chi connectivity index (χ0n) is 9.83. The third kappa shape index (κ3) is 2.28. The minimum atomic E-state index is -3.41. The molecule has 0 bridgehead atoms. The van der Waals surface area contributed by atoms with Gasteiger partial charge >= 0.3 is 0 Å². The Kier molecular flexibility index (Phi) is 3.35. The Morgan fingerprint density at radius 1 is 1.59 bits per heavy atom. The number of nitrogen functional groups attached to an aromatic ring is 1. The van der Waals surface area contributed by atoms with E-state index in [-0.39, 0.29) is 16.8 Å². The van der Waals surface area contributed by atoms with E-state index in [9.17, 15) is 8.42 Å². The van der Waals surface area contributed by atoms with Gasteiger partial charge in [0.2, 0.25) is 10.0 Å². The molecule has 0 aromatic carbocycles. The number of rotatable bonds is 3. The summed E-state index contributed by atoms with van der Waals surface area (Å²) in [7, 11) is -3.41. The van der Waals surface area contributed by atoms with Crippen LogP contribution in [0.5, 0.6) is 0 Å². The molecule has 17 heavy (non-hydrogen) atoms. The summed E-state index contributed by atoms with van der Waals surface area (Å²) < 4.78 is 26.4. The molecule has 94 valence electrons. The van der Waals surface area contributed by atoms with Gasteiger partial charge in [-0.1, -0.05) is 6.92 Å². The predicted octanol–water partition coefficient (Wildman–Crippen LogP) is 1.23. The van der Waals surface area contributed by atoms with Gasteiger partial charge in [0, 0.05) is 24.8 Å². The summed E-state index contributed by atoms with van der Waals surface area (Å²) in [4.78, 5) is 4.06. The van der Waals surface area contributed by atoms with Crippen LogP contribution in [0.1, 0.15) is 26.2 Å². The molecule has 2 rings (SSSR count). The topological polar surface area (TPSA) is 76.3 Å². The lowest BCUT2D eigenvalue weighted by atomic mass is 10.2. The predicted molar refractivity (Wildman–Crippen MR) is 65.9 cm³/mol. The normalized spacial score (nSPS) is 21.8. The van der Waals surface area contributed by atoms with Crippen molar-refractivity contribution in [2.45, 2.75) is 37.1 Å². The molecule has 1 aromatic heterocycles. The molecule has 0 radical (unpaired) electrons. The second kappa shape index (κ2) is 4.62. The van der Waals surface area contributed by atoms with Gasteiger partial charge in [-0.25, -0.2) is 13.4 Å². The van der Waals surface area contributed by atoms with Gasteiger partial charge in [-0.2, -0.15) is 4.31 Å². The molecular weight excluding hydrogens is 238 g/mol. The Hall–Kier alpha value is -1.14. The van der Waals surface area contributed by atoms with Crippen molar-refractivity contribution in [3.63, 3.8) is 0 Å². The summed E-state index contributed by atoms with van der Waals surface area (Å²) in [5.41, 5.74) is 5.53. The number of nitrogens with zero attached hydrogens (tertiary/aromatic N) is 2. The largest absolute Gasteiger partial charge is 0.384 e. The summed E-state index contributed by atoms with van der Waals surface area (Å²) in [6.07, 6.45) is 4.15. The second-order valence-corrected chi connectivity index (χ2v) is 6.13. The molecule has 2 heterocycles. The van der Waals surface area contributed by atoms with Crippen molar-refractivity contribution in [3.05, 3.63) is 18.3 Å². The van der Waals surface area contributed by atoms with Crippen LogP contribution in [-0.4, -0.2) is 30.3 Å². The van der Waals surface area contributed by atoms with E-state index in [1.165, 1.54) is 18.3 Å². The lowest BCUT2D eigenvalue weighted by Gasteiger charge is -2.22. The highest BCUT2D eigenvalue weighted by molar-refractivity contribution is 7.89. The zero-order valence-corrected chi connectivity index (χ0v) is 10.7. The van der Waals surface area contributed by atoms with Gasteiger partial charge < -0.3 is 5.73 Å². The van der Waals surface area contributed by atoms with Crippen molar-refractivity contribution in [2.24, 2.45) is 0 Å². The summed E-state index contributed by atoms with van der Waals surface area (Å²) in [6.45, 7) is 2.61. The fourth-order valence-electron chi connectivity index (χ4n) is 2.26. The number of hydrogen-bond acceptors (Lipinski definition) is 4. The van der Waals surface area contributed by atoms with Gasteiger partial charge in [0.1, 0.15) is 5.82 Å².